The number of aromatic hydroxyl groups is 2. The lowest BCUT2D eigenvalue weighted by atomic mass is 9.78. The number of hydrogen-bond acceptors (Lipinski definition) is 2. The Morgan fingerprint density at radius 3 is 2.00 bits per heavy atom. The normalized spacial score (nSPS) is 11.5. The minimum atomic E-state index is -0.626. The van der Waals surface area contributed by atoms with E-state index in [4.69, 9.17) is 0 Å². The third kappa shape index (κ3) is 2.16. The zero-order valence-corrected chi connectivity index (χ0v) is 10.3. The van der Waals surface area contributed by atoms with Crippen LogP contribution in [0.3, 0.4) is 0 Å². The summed E-state index contributed by atoms with van der Waals surface area (Å²) in [6, 6.07) is 11.2. The van der Waals surface area contributed by atoms with Crippen LogP contribution < -0.4 is 0 Å². The van der Waals surface area contributed by atoms with Crippen LogP contribution in [0.5, 0.6) is 11.5 Å². The van der Waals surface area contributed by atoms with E-state index in [1.54, 1.807) is 30.3 Å². The van der Waals surface area contributed by atoms with Gasteiger partial charge in [0.15, 0.2) is 11.6 Å². The van der Waals surface area contributed by atoms with Gasteiger partial charge in [0.2, 0.25) is 0 Å². The molecule has 0 heterocycles. The highest BCUT2D eigenvalue weighted by Crippen LogP contribution is 2.33. The average molecular weight is 246 g/mol. The number of phenolic OH excluding ortho intramolecular Hbond substituents is 2. The van der Waals surface area contributed by atoms with Crippen LogP contribution in [-0.4, -0.2) is 10.2 Å². The van der Waals surface area contributed by atoms with Crippen molar-refractivity contribution >= 4 is 0 Å². The van der Waals surface area contributed by atoms with Crippen molar-refractivity contribution in [3.05, 3.63) is 59.4 Å². The zero-order valence-electron chi connectivity index (χ0n) is 10.3. The third-order valence-corrected chi connectivity index (χ3v) is 3.26. The van der Waals surface area contributed by atoms with Crippen molar-refractivity contribution < 1.29 is 14.6 Å². The largest absolute Gasteiger partial charge is 0.508 e. The van der Waals surface area contributed by atoms with Crippen LogP contribution in [0.25, 0.3) is 0 Å². The summed E-state index contributed by atoms with van der Waals surface area (Å²) in [5.74, 6) is -0.772. The van der Waals surface area contributed by atoms with Crippen LogP contribution in [0.2, 0.25) is 0 Å². The summed E-state index contributed by atoms with van der Waals surface area (Å²) < 4.78 is 13.4. The molecule has 2 aromatic carbocycles. The smallest absolute Gasteiger partial charge is 0.165 e. The maximum Gasteiger partial charge on any atom is 0.165 e. The predicted molar refractivity (Wildman–Crippen MR) is 68.3 cm³/mol. The highest BCUT2D eigenvalue weighted by Gasteiger charge is 2.24. The molecule has 0 unspecified atom stereocenters. The lowest BCUT2D eigenvalue weighted by Gasteiger charge is -2.26. The van der Waals surface area contributed by atoms with Crippen molar-refractivity contribution in [1.82, 2.24) is 0 Å². The Morgan fingerprint density at radius 2 is 1.44 bits per heavy atom. The van der Waals surface area contributed by atoms with Gasteiger partial charge in [0, 0.05) is 5.41 Å². The molecule has 0 amide bonds. The quantitative estimate of drug-likeness (QED) is 0.850. The Morgan fingerprint density at radius 1 is 0.889 bits per heavy atom. The number of rotatable bonds is 2. The predicted octanol–water partition coefficient (Wildman–Crippen LogP) is 3.56. The summed E-state index contributed by atoms with van der Waals surface area (Å²) in [6.07, 6.45) is 0. The van der Waals surface area contributed by atoms with Gasteiger partial charge in [-0.05, 0) is 35.4 Å². The Kier molecular flexibility index (Phi) is 2.99. The van der Waals surface area contributed by atoms with E-state index in [1.807, 2.05) is 13.8 Å². The second-order valence-corrected chi connectivity index (χ2v) is 4.84. The van der Waals surface area contributed by atoms with Gasteiger partial charge in [-0.3, -0.25) is 0 Å². The molecule has 0 spiro atoms. The van der Waals surface area contributed by atoms with Crippen LogP contribution in [0.1, 0.15) is 25.0 Å². The van der Waals surface area contributed by atoms with Gasteiger partial charge in [-0.25, -0.2) is 4.39 Å². The minimum absolute atomic E-state index is 0.200. The molecule has 2 rings (SSSR count). The molecule has 0 atom stereocenters. The topological polar surface area (TPSA) is 40.5 Å². The second kappa shape index (κ2) is 4.33. The number of phenols is 2. The average Bonchev–Trinajstić information content (AvgIpc) is 2.33. The summed E-state index contributed by atoms with van der Waals surface area (Å²) >= 11 is 0. The van der Waals surface area contributed by atoms with Crippen molar-refractivity contribution in [3.8, 4) is 11.5 Å². The fraction of sp³-hybridized carbons (Fsp3) is 0.200. The Hall–Kier alpha value is -2.03. The van der Waals surface area contributed by atoms with Gasteiger partial charge < -0.3 is 10.2 Å². The van der Waals surface area contributed by atoms with Gasteiger partial charge in [0.25, 0.3) is 0 Å². The molecule has 2 nitrogen and oxygen atoms in total. The number of halogens is 1. The van der Waals surface area contributed by atoms with Gasteiger partial charge in [-0.1, -0.05) is 32.0 Å². The lowest BCUT2D eigenvalue weighted by Crippen LogP contribution is -2.18. The van der Waals surface area contributed by atoms with Crippen LogP contribution in [0, 0.1) is 5.82 Å². The first-order chi connectivity index (χ1) is 8.41. The minimum Gasteiger partial charge on any atom is -0.508 e. The maximum absolute atomic E-state index is 13.4. The molecule has 0 aliphatic carbocycles. The van der Waals surface area contributed by atoms with Crippen molar-refractivity contribution in [3.63, 3.8) is 0 Å². The van der Waals surface area contributed by atoms with Crippen molar-refractivity contribution in [2.45, 2.75) is 19.3 Å². The zero-order chi connectivity index (χ0) is 13.3. The standard InChI is InChI=1S/C15H15FO2/c1-15(2,10-3-6-12(17)7-4-10)11-5-8-14(18)13(16)9-11/h3-9,17-18H,1-2H3. The molecule has 0 bridgehead atoms. The number of benzene rings is 2. The monoisotopic (exact) mass is 246 g/mol. The maximum atomic E-state index is 13.4. The van der Waals surface area contributed by atoms with E-state index < -0.39 is 11.2 Å². The van der Waals surface area contributed by atoms with E-state index in [1.165, 1.54) is 12.1 Å². The van der Waals surface area contributed by atoms with Crippen LogP contribution >= 0.6 is 0 Å². The van der Waals surface area contributed by atoms with Crippen LogP contribution in [-0.2, 0) is 5.41 Å². The van der Waals surface area contributed by atoms with Gasteiger partial charge in [-0.15, -0.1) is 0 Å². The summed E-state index contributed by atoms with van der Waals surface area (Å²) in [5, 5.41) is 18.5. The van der Waals surface area contributed by atoms with Gasteiger partial charge >= 0.3 is 0 Å². The molecule has 0 radical (unpaired) electrons. The SMILES string of the molecule is CC(C)(c1ccc(O)cc1)c1ccc(O)c(F)c1. The Labute approximate surface area is 105 Å². The molecule has 0 fully saturated rings. The summed E-state index contributed by atoms with van der Waals surface area (Å²) in [4.78, 5) is 0. The lowest BCUT2D eigenvalue weighted by molar-refractivity contribution is 0.430. The van der Waals surface area contributed by atoms with E-state index >= 15 is 0 Å². The molecule has 3 heteroatoms. The van der Waals surface area contributed by atoms with E-state index in [9.17, 15) is 14.6 Å². The van der Waals surface area contributed by atoms with E-state index in [2.05, 4.69) is 0 Å². The van der Waals surface area contributed by atoms with Gasteiger partial charge in [0.05, 0.1) is 0 Å². The van der Waals surface area contributed by atoms with Gasteiger partial charge in [-0.2, -0.15) is 0 Å². The molecular formula is C15H15FO2. The van der Waals surface area contributed by atoms with E-state index in [0.717, 1.165) is 11.1 Å². The molecule has 0 saturated heterocycles. The molecule has 94 valence electrons. The first kappa shape index (κ1) is 12.4. The van der Waals surface area contributed by atoms with Gasteiger partial charge in [0.1, 0.15) is 5.75 Å². The Balaban J connectivity index is 2.46. The summed E-state index contributed by atoms with van der Waals surface area (Å²) in [6.45, 7) is 3.93. The molecule has 2 aromatic rings. The van der Waals surface area contributed by atoms with E-state index in [0.29, 0.717) is 0 Å². The van der Waals surface area contributed by atoms with Crippen LogP contribution in [0.15, 0.2) is 42.5 Å². The Bertz CT molecular complexity index is 559. The van der Waals surface area contributed by atoms with E-state index in [-0.39, 0.29) is 11.5 Å². The molecule has 0 aromatic heterocycles. The van der Waals surface area contributed by atoms with Crippen molar-refractivity contribution in [2.75, 3.05) is 0 Å². The highest BCUT2D eigenvalue weighted by atomic mass is 19.1. The first-order valence-electron chi connectivity index (χ1n) is 5.70. The third-order valence-electron chi connectivity index (χ3n) is 3.26. The number of hydrogen-bond donors (Lipinski definition) is 2. The summed E-state index contributed by atoms with van der Waals surface area (Å²) in [5.41, 5.74) is 1.33. The fourth-order valence-corrected chi connectivity index (χ4v) is 1.94. The fourth-order valence-electron chi connectivity index (χ4n) is 1.94. The first-order valence-corrected chi connectivity index (χ1v) is 5.70. The van der Waals surface area contributed by atoms with Crippen LogP contribution in [0.4, 0.5) is 4.39 Å². The molecular weight excluding hydrogens is 231 g/mol. The van der Waals surface area contributed by atoms with Crippen molar-refractivity contribution in [2.24, 2.45) is 0 Å². The molecule has 0 aliphatic rings. The molecule has 0 aliphatic heterocycles. The molecule has 18 heavy (non-hydrogen) atoms. The summed E-state index contributed by atoms with van der Waals surface area (Å²) in [7, 11) is 0. The molecule has 2 N–H and O–H groups in total. The molecule has 0 saturated carbocycles. The second-order valence-electron chi connectivity index (χ2n) is 4.84. The highest BCUT2D eigenvalue weighted by molar-refractivity contribution is 5.41. The van der Waals surface area contributed by atoms with Crippen molar-refractivity contribution in [1.29, 1.82) is 0 Å².